The number of thiazole rings is 1. The van der Waals surface area contributed by atoms with Gasteiger partial charge in [0.05, 0.1) is 5.69 Å². The molecule has 0 radical (unpaired) electrons. The molecule has 1 amide bonds. The number of hydrogen-bond donors (Lipinski definition) is 0. The SMILES string of the molecule is CC(=O)N1CC[C@@H](Cc2cc(-c3nc(C)c(C)s3)ncn2)C1. The van der Waals surface area contributed by atoms with E-state index >= 15 is 0 Å². The number of hydrogen-bond acceptors (Lipinski definition) is 5. The van der Waals surface area contributed by atoms with Crippen molar-refractivity contribution in [2.45, 2.75) is 33.6 Å². The second-order valence-electron chi connectivity index (χ2n) is 5.88. The third-order valence-corrected chi connectivity index (χ3v) is 5.30. The number of amides is 1. The molecule has 1 aliphatic heterocycles. The van der Waals surface area contributed by atoms with Gasteiger partial charge in [-0.1, -0.05) is 0 Å². The minimum Gasteiger partial charge on any atom is -0.343 e. The van der Waals surface area contributed by atoms with E-state index in [0.29, 0.717) is 5.92 Å². The number of aromatic nitrogens is 3. The topological polar surface area (TPSA) is 59.0 Å². The molecule has 0 aromatic carbocycles. The van der Waals surface area contributed by atoms with E-state index in [-0.39, 0.29) is 5.91 Å². The fourth-order valence-electron chi connectivity index (χ4n) is 2.79. The summed E-state index contributed by atoms with van der Waals surface area (Å²) in [5.74, 6) is 0.658. The van der Waals surface area contributed by atoms with Gasteiger partial charge in [0.2, 0.25) is 5.91 Å². The molecule has 1 fully saturated rings. The van der Waals surface area contributed by atoms with Gasteiger partial charge in [0.25, 0.3) is 0 Å². The number of likely N-dealkylation sites (tertiary alicyclic amines) is 1. The van der Waals surface area contributed by atoms with Crippen LogP contribution in [-0.4, -0.2) is 38.8 Å². The summed E-state index contributed by atoms with van der Waals surface area (Å²) in [5, 5.41) is 0.954. The molecule has 1 aliphatic rings. The summed E-state index contributed by atoms with van der Waals surface area (Å²) in [6, 6.07) is 2.04. The fraction of sp³-hybridized carbons (Fsp3) is 0.500. The Hall–Kier alpha value is -1.82. The van der Waals surface area contributed by atoms with Crippen molar-refractivity contribution in [3.8, 4) is 10.7 Å². The summed E-state index contributed by atoms with van der Waals surface area (Å²) >= 11 is 1.67. The van der Waals surface area contributed by atoms with Crippen molar-refractivity contribution in [1.82, 2.24) is 19.9 Å². The van der Waals surface area contributed by atoms with Crippen molar-refractivity contribution in [3.63, 3.8) is 0 Å². The largest absolute Gasteiger partial charge is 0.343 e. The van der Waals surface area contributed by atoms with Gasteiger partial charge < -0.3 is 4.90 Å². The molecule has 2 aromatic rings. The zero-order valence-electron chi connectivity index (χ0n) is 13.2. The van der Waals surface area contributed by atoms with Gasteiger partial charge in [-0.15, -0.1) is 11.3 Å². The third kappa shape index (κ3) is 3.16. The average Bonchev–Trinajstić information content (AvgIpc) is 3.07. The molecule has 5 nitrogen and oxygen atoms in total. The molecule has 3 heterocycles. The molecule has 3 rings (SSSR count). The molecule has 0 spiro atoms. The van der Waals surface area contributed by atoms with Crippen LogP contribution >= 0.6 is 11.3 Å². The molecule has 1 saturated heterocycles. The Morgan fingerprint density at radius 3 is 2.86 bits per heavy atom. The van der Waals surface area contributed by atoms with Gasteiger partial charge in [-0.05, 0) is 38.7 Å². The van der Waals surface area contributed by atoms with E-state index in [1.807, 2.05) is 17.9 Å². The molecule has 0 bridgehead atoms. The number of nitrogens with zero attached hydrogens (tertiary/aromatic N) is 4. The van der Waals surface area contributed by atoms with Gasteiger partial charge in [-0.2, -0.15) is 0 Å². The van der Waals surface area contributed by atoms with Crippen molar-refractivity contribution >= 4 is 17.2 Å². The van der Waals surface area contributed by atoms with Crippen LogP contribution < -0.4 is 0 Å². The Labute approximate surface area is 134 Å². The minimum atomic E-state index is 0.166. The highest BCUT2D eigenvalue weighted by Gasteiger charge is 2.24. The summed E-state index contributed by atoms with van der Waals surface area (Å²) < 4.78 is 0. The molecule has 2 aromatic heterocycles. The number of aryl methyl sites for hydroxylation is 2. The Bertz CT molecular complexity index is 678. The number of rotatable bonds is 3. The lowest BCUT2D eigenvalue weighted by molar-refractivity contribution is -0.127. The van der Waals surface area contributed by atoms with E-state index in [1.165, 1.54) is 4.88 Å². The molecule has 0 unspecified atom stereocenters. The Morgan fingerprint density at radius 2 is 2.23 bits per heavy atom. The van der Waals surface area contributed by atoms with Gasteiger partial charge >= 0.3 is 0 Å². The smallest absolute Gasteiger partial charge is 0.219 e. The molecule has 6 heteroatoms. The number of carbonyl (C=O) groups is 1. The normalized spacial score (nSPS) is 18.0. The lowest BCUT2D eigenvalue weighted by Gasteiger charge is -2.13. The predicted molar refractivity (Wildman–Crippen MR) is 86.7 cm³/mol. The van der Waals surface area contributed by atoms with E-state index in [9.17, 15) is 4.79 Å². The van der Waals surface area contributed by atoms with Crippen LogP contribution in [-0.2, 0) is 11.2 Å². The van der Waals surface area contributed by atoms with Crippen LogP contribution in [0.25, 0.3) is 10.7 Å². The summed E-state index contributed by atoms with van der Waals surface area (Å²) in [5.41, 5.74) is 2.99. The summed E-state index contributed by atoms with van der Waals surface area (Å²) in [7, 11) is 0. The molecule has 22 heavy (non-hydrogen) atoms. The van der Waals surface area contributed by atoms with Gasteiger partial charge in [0.1, 0.15) is 17.0 Å². The monoisotopic (exact) mass is 316 g/mol. The van der Waals surface area contributed by atoms with Crippen molar-refractivity contribution in [2.75, 3.05) is 13.1 Å². The van der Waals surface area contributed by atoms with Crippen LogP contribution in [0.2, 0.25) is 0 Å². The lowest BCUT2D eigenvalue weighted by atomic mass is 10.0. The van der Waals surface area contributed by atoms with Crippen molar-refractivity contribution in [3.05, 3.63) is 28.7 Å². The van der Waals surface area contributed by atoms with E-state index in [0.717, 1.165) is 48.0 Å². The van der Waals surface area contributed by atoms with Crippen LogP contribution in [0, 0.1) is 19.8 Å². The van der Waals surface area contributed by atoms with Gasteiger partial charge in [0, 0.05) is 30.6 Å². The Morgan fingerprint density at radius 1 is 1.41 bits per heavy atom. The number of carbonyl (C=O) groups excluding carboxylic acids is 1. The molecular weight excluding hydrogens is 296 g/mol. The second kappa shape index (κ2) is 6.12. The van der Waals surface area contributed by atoms with Crippen LogP contribution in [0.15, 0.2) is 12.4 Å². The van der Waals surface area contributed by atoms with E-state index in [4.69, 9.17) is 0 Å². The van der Waals surface area contributed by atoms with E-state index in [1.54, 1.807) is 24.6 Å². The van der Waals surface area contributed by atoms with E-state index < -0.39 is 0 Å². The minimum absolute atomic E-state index is 0.166. The molecular formula is C16H20N4OS. The quantitative estimate of drug-likeness (QED) is 0.873. The molecule has 0 N–H and O–H groups in total. The summed E-state index contributed by atoms with van der Waals surface area (Å²) in [6.07, 6.45) is 3.56. The Kier molecular flexibility index (Phi) is 4.20. The first kappa shape index (κ1) is 15.1. The lowest BCUT2D eigenvalue weighted by Crippen LogP contribution is -2.26. The molecule has 1 atom stereocenters. The van der Waals surface area contributed by atoms with Crippen LogP contribution in [0.1, 0.15) is 29.6 Å². The average molecular weight is 316 g/mol. The van der Waals surface area contributed by atoms with Crippen molar-refractivity contribution in [1.29, 1.82) is 0 Å². The maximum Gasteiger partial charge on any atom is 0.219 e. The fourth-order valence-corrected chi connectivity index (χ4v) is 3.67. The molecule has 116 valence electrons. The zero-order chi connectivity index (χ0) is 15.7. The third-order valence-electron chi connectivity index (χ3n) is 4.20. The Balaban J connectivity index is 1.73. The van der Waals surface area contributed by atoms with Crippen LogP contribution in [0.3, 0.4) is 0 Å². The van der Waals surface area contributed by atoms with Crippen molar-refractivity contribution < 1.29 is 4.79 Å². The summed E-state index contributed by atoms with van der Waals surface area (Å²) in [6.45, 7) is 7.44. The molecule has 0 saturated carbocycles. The van der Waals surface area contributed by atoms with Crippen molar-refractivity contribution in [2.24, 2.45) is 5.92 Å². The molecule has 0 aliphatic carbocycles. The highest BCUT2D eigenvalue weighted by Crippen LogP contribution is 2.27. The van der Waals surface area contributed by atoms with E-state index in [2.05, 4.69) is 21.9 Å². The van der Waals surface area contributed by atoms with Crippen LogP contribution in [0.4, 0.5) is 0 Å². The van der Waals surface area contributed by atoms with Gasteiger partial charge in [0.15, 0.2) is 0 Å². The summed E-state index contributed by atoms with van der Waals surface area (Å²) in [4.78, 5) is 27.9. The van der Waals surface area contributed by atoms with Gasteiger partial charge in [-0.3, -0.25) is 4.79 Å². The predicted octanol–water partition coefficient (Wildman–Crippen LogP) is 2.63. The second-order valence-corrected chi connectivity index (χ2v) is 7.08. The standard InChI is InChI=1S/C16H20N4OS/c1-10-11(2)22-16(19-10)15-7-14(17-9-18-15)6-13-4-5-20(8-13)12(3)21/h7,9,13H,4-6,8H2,1-3H3/t13-/m0/s1. The van der Waals surface area contributed by atoms with Crippen LogP contribution in [0.5, 0.6) is 0 Å². The maximum absolute atomic E-state index is 11.4. The highest BCUT2D eigenvalue weighted by molar-refractivity contribution is 7.15. The maximum atomic E-state index is 11.4. The van der Waals surface area contributed by atoms with Gasteiger partial charge in [-0.25, -0.2) is 15.0 Å². The zero-order valence-corrected chi connectivity index (χ0v) is 14.0. The first-order valence-corrected chi connectivity index (χ1v) is 8.35. The highest BCUT2D eigenvalue weighted by atomic mass is 32.1. The first-order valence-electron chi connectivity index (χ1n) is 7.53. The first-order chi connectivity index (χ1) is 10.5.